The highest BCUT2D eigenvalue weighted by Gasteiger charge is 2.32. The lowest BCUT2D eigenvalue weighted by molar-refractivity contribution is -0.122. The number of anilines is 1. The summed E-state index contributed by atoms with van der Waals surface area (Å²) in [5.74, 6) is -0.413. The topological polar surface area (TPSA) is 82.9 Å². The number of hydrogen-bond acceptors (Lipinski definition) is 5. The maximum absolute atomic E-state index is 12.2. The molecule has 2 aromatic rings. The van der Waals surface area contributed by atoms with E-state index in [1.165, 1.54) is 17.3 Å². The summed E-state index contributed by atoms with van der Waals surface area (Å²) in [6.45, 7) is 0. The molecule has 0 saturated carbocycles. The van der Waals surface area contributed by atoms with Crippen LogP contribution in [0.25, 0.3) is 0 Å². The number of hydrogen-bond donors (Lipinski definition) is 2. The molecule has 28 heavy (non-hydrogen) atoms. The number of nitrogens with one attached hydrogen (secondary N) is 2. The Morgan fingerprint density at radius 3 is 2.71 bits per heavy atom. The molecule has 1 heterocycles. The van der Waals surface area contributed by atoms with Gasteiger partial charge in [-0.05, 0) is 37.0 Å². The normalized spacial score (nSPS) is 21.4. The predicted molar refractivity (Wildman–Crippen MR) is 113 cm³/mol. The molecule has 6 nitrogen and oxygen atoms in total. The van der Waals surface area contributed by atoms with Crippen LogP contribution in [0.15, 0.2) is 64.8 Å². The van der Waals surface area contributed by atoms with Crippen molar-refractivity contribution in [3.8, 4) is 0 Å². The largest absolute Gasteiger partial charge is 0.326 e. The monoisotopic (exact) mass is 392 g/mol. The number of nitrogens with zero attached hydrogens (tertiary/aromatic N) is 2. The van der Waals surface area contributed by atoms with Gasteiger partial charge in [0.2, 0.25) is 11.8 Å². The van der Waals surface area contributed by atoms with E-state index in [1.807, 2.05) is 42.5 Å². The van der Waals surface area contributed by atoms with Gasteiger partial charge >= 0.3 is 0 Å². The minimum atomic E-state index is -0.499. The van der Waals surface area contributed by atoms with Crippen LogP contribution in [0.2, 0.25) is 0 Å². The first-order valence-electron chi connectivity index (χ1n) is 9.24. The van der Waals surface area contributed by atoms with Crippen molar-refractivity contribution in [2.24, 2.45) is 10.2 Å². The maximum atomic E-state index is 12.2. The molecule has 2 N–H and O–H groups in total. The number of rotatable bonds is 4. The molecular weight excluding hydrogens is 372 g/mol. The Kier molecular flexibility index (Phi) is 5.53. The van der Waals surface area contributed by atoms with Crippen LogP contribution in [-0.4, -0.2) is 27.9 Å². The number of benzene rings is 2. The van der Waals surface area contributed by atoms with E-state index in [0.29, 0.717) is 10.9 Å². The number of carbonyl (C=O) groups excluding carboxylic acids is 2. The summed E-state index contributed by atoms with van der Waals surface area (Å²) in [7, 11) is 0. The molecule has 1 aliphatic heterocycles. The summed E-state index contributed by atoms with van der Waals surface area (Å²) >= 11 is 1.25. The van der Waals surface area contributed by atoms with Crippen LogP contribution >= 0.6 is 11.8 Å². The van der Waals surface area contributed by atoms with Crippen molar-refractivity contribution in [3.63, 3.8) is 0 Å². The summed E-state index contributed by atoms with van der Waals surface area (Å²) < 4.78 is 0. The van der Waals surface area contributed by atoms with E-state index in [2.05, 4.69) is 33.0 Å². The third-order valence-corrected chi connectivity index (χ3v) is 5.73. The van der Waals surface area contributed by atoms with Crippen molar-refractivity contribution in [2.75, 3.05) is 5.32 Å². The van der Waals surface area contributed by atoms with Crippen molar-refractivity contribution in [1.82, 2.24) is 5.32 Å². The summed E-state index contributed by atoms with van der Waals surface area (Å²) in [5, 5.41) is 14.1. The molecule has 2 aliphatic rings. The molecule has 0 spiro atoms. The van der Waals surface area contributed by atoms with E-state index in [-0.39, 0.29) is 18.2 Å². The molecule has 4 rings (SSSR count). The Balaban J connectivity index is 1.40. The Hall–Kier alpha value is -2.93. The van der Waals surface area contributed by atoms with Crippen LogP contribution < -0.4 is 10.6 Å². The minimum Gasteiger partial charge on any atom is -0.326 e. The second kappa shape index (κ2) is 8.39. The second-order valence-corrected chi connectivity index (χ2v) is 7.87. The van der Waals surface area contributed by atoms with Gasteiger partial charge in [-0.25, -0.2) is 0 Å². The zero-order valence-electron chi connectivity index (χ0n) is 15.2. The van der Waals surface area contributed by atoms with E-state index in [4.69, 9.17) is 0 Å². The summed E-state index contributed by atoms with van der Waals surface area (Å²) in [6.07, 6.45) is 3.05. The van der Waals surface area contributed by atoms with E-state index in [1.54, 1.807) is 0 Å². The molecule has 2 aromatic carbocycles. The molecule has 1 saturated heterocycles. The number of amides is 2. The molecule has 0 bridgehead atoms. The lowest BCUT2D eigenvalue weighted by atomic mass is 9.90. The number of thioether (sulfide) groups is 1. The average Bonchev–Trinajstić information content (AvgIpc) is 3.06. The number of aryl methyl sites for hydroxylation is 1. The van der Waals surface area contributed by atoms with Crippen LogP contribution in [0.3, 0.4) is 0 Å². The second-order valence-electron chi connectivity index (χ2n) is 6.68. The van der Waals surface area contributed by atoms with Gasteiger partial charge in [0, 0.05) is 17.7 Å². The third-order valence-electron chi connectivity index (χ3n) is 4.65. The fourth-order valence-corrected chi connectivity index (χ4v) is 4.22. The van der Waals surface area contributed by atoms with Crippen LogP contribution in [-0.2, 0) is 16.0 Å². The summed E-state index contributed by atoms with van der Waals surface area (Å²) in [6, 6.07) is 17.4. The summed E-state index contributed by atoms with van der Waals surface area (Å²) in [4.78, 5) is 24.4. The third kappa shape index (κ3) is 4.31. The Bertz CT molecular complexity index is 956. The minimum absolute atomic E-state index is 0.0871. The SMILES string of the molecule is O=C(C[C@@H]1S/C(=N/N=C2/CCCc3ccccc32)NC1=O)Nc1ccccc1. The van der Waals surface area contributed by atoms with E-state index in [9.17, 15) is 9.59 Å². The van der Waals surface area contributed by atoms with Crippen molar-refractivity contribution in [1.29, 1.82) is 0 Å². The Labute approximate surface area is 167 Å². The molecule has 1 aliphatic carbocycles. The average molecular weight is 392 g/mol. The van der Waals surface area contributed by atoms with Crippen LogP contribution in [0, 0.1) is 0 Å². The Morgan fingerprint density at radius 1 is 1.07 bits per heavy atom. The maximum Gasteiger partial charge on any atom is 0.240 e. The molecule has 0 unspecified atom stereocenters. The van der Waals surface area contributed by atoms with Crippen molar-refractivity contribution in [2.45, 2.75) is 30.9 Å². The van der Waals surface area contributed by atoms with Gasteiger partial charge in [-0.2, -0.15) is 5.10 Å². The summed E-state index contributed by atoms with van der Waals surface area (Å²) in [5.41, 5.74) is 4.07. The van der Waals surface area contributed by atoms with Gasteiger partial charge in [-0.15, -0.1) is 5.10 Å². The molecule has 1 fully saturated rings. The Morgan fingerprint density at radius 2 is 1.86 bits per heavy atom. The van der Waals surface area contributed by atoms with Gasteiger partial charge < -0.3 is 10.6 Å². The number of amidine groups is 1. The molecule has 1 atom stereocenters. The lowest BCUT2D eigenvalue weighted by Gasteiger charge is -2.16. The van der Waals surface area contributed by atoms with Gasteiger partial charge in [0.15, 0.2) is 5.17 Å². The van der Waals surface area contributed by atoms with Crippen LogP contribution in [0.4, 0.5) is 5.69 Å². The van der Waals surface area contributed by atoms with Gasteiger partial charge in [0.05, 0.1) is 5.71 Å². The highest BCUT2D eigenvalue weighted by Crippen LogP contribution is 2.25. The standard InChI is InChI=1S/C21H20N4O2S/c26-19(22-15-9-2-1-3-10-15)13-18-20(27)23-21(28-18)25-24-17-12-6-8-14-7-4-5-11-16(14)17/h1-5,7,9-11,18H,6,8,12-13H2,(H,22,26)(H,23,25,27)/b24-17-/t18-/m0/s1. The predicted octanol–water partition coefficient (Wildman–Crippen LogP) is 3.34. The number of carbonyl (C=O) groups is 2. The van der Waals surface area contributed by atoms with Gasteiger partial charge in [0.1, 0.15) is 5.25 Å². The fraction of sp³-hybridized carbons (Fsp3) is 0.238. The van der Waals surface area contributed by atoms with Crippen molar-refractivity contribution in [3.05, 3.63) is 65.7 Å². The fourth-order valence-electron chi connectivity index (χ4n) is 3.30. The van der Waals surface area contributed by atoms with Gasteiger partial charge in [-0.1, -0.05) is 54.2 Å². The van der Waals surface area contributed by atoms with Gasteiger partial charge in [-0.3, -0.25) is 9.59 Å². The highest BCUT2D eigenvalue weighted by molar-refractivity contribution is 8.15. The first-order valence-corrected chi connectivity index (χ1v) is 10.1. The first-order chi connectivity index (χ1) is 13.7. The number of para-hydroxylation sites is 1. The smallest absolute Gasteiger partial charge is 0.240 e. The molecule has 7 heteroatoms. The number of fused-ring (bicyclic) bond motifs is 1. The first kappa shape index (κ1) is 18.4. The molecule has 0 radical (unpaired) electrons. The zero-order valence-corrected chi connectivity index (χ0v) is 16.0. The molecular formula is C21H20N4O2S. The van der Waals surface area contributed by atoms with Gasteiger partial charge in [0.25, 0.3) is 0 Å². The van der Waals surface area contributed by atoms with Crippen molar-refractivity contribution >= 4 is 40.1 Å². The molecule has 142 valence electrons. The highest BCUT2D eigenvalue weighted by atomic mass is 32.2. The molecule has 2 amide bonds. The van der Waals surface area contributed by atoms with Crippen molar-refractivity contribution < 1.29 is 9.59 Å². The zero-order chi connectivity index (χ0) is 19.3. The molecule has 0 aromatic heterocycles. The van der Waals surface area contributed by atoms with E-state index < -0.39 is 5.25 Å². The lowest BCUT2D eigenvalue weighted by Crippen LogP contribution is -2.28. The van der Waals surface area contributed by atoms with E-state index >= 15 is 0 Å². The van der Waals surface area contributed by atoms with Crippen LogP contribution in [0.5, 0.6) is 0 Å². The van der Waals surface area contributed by atoms with Crippen LogP contribution in [0.1, 0.15) is 30.4 Å². The quantitative estimate of drug-likeness (QED) is 0.783. The van der Waals surface area contributed by atoms with E-state index in [0.717, 1.165) is 30.5 Å².